The zero-order valence-corrected chi connectivity index (χ0v) is 13.5. The van der Waals surface area contributed by atoms with E-state index in [4.69, 9.17) is 4.74 Å². The first-order chi connectivity index (χ1) is 10.2. The van der Waals surface area contributed by atoms with Gasteiger partial charge in [0.1, 0.15) is 0 Å². The maximum absolute atomic E-state index is 12.5. The van der Waals surface area contributed by atoms with Gasteiger partial charge in [0.15, 0.2) is 0 Å². The van der Waals surface area contributed by atoms with Crippen molar-refractivity contribution in [3.8, 4) is 0 Å². The highest BCUT2D eigenvalue weighted by Crippen LogP contribution is 2.33. The van der Waals surface area contributed by atoms with E-state index in [0.717, 1.165) is 50.7 Å². The number of likely N-dealkylation sites (N-methyl/N-ethyl adjacent to an activating group) is 1. The molecule has 1 aromatic heterocycles. The molecule has 0 unspecified atom stereocenters. The molecule has 1 spiro atoms. The summed E-state index contributed by atoms with van der Waals surface area (Å²) in [4.78, 5) is 18.1. The quantitative estimate of drug-likeness (QED) is 0.836. The van der Waals surface area contributed by atoms with Gasteiger partial charge in [0.05, 0.1) is 19.6 Å². The summed E-state index contributed by atoms with van der Waals surface area (Å²) in [5.41, 5.74) is 0.134. The van der Waals surface area contributed by atoms with E-state index in [9.17, 15) is 4.79 Å². The van der Waals surface area contributed by atoms with Gasteiger partial charge >= 0.3 is 0 Å². The first kappa shape index (κ1) is 15.0. The van der Waals surface area contributed by atoms with E-state index in [2.05, 4.69) is 16.8 Å². The number of hydrogen-bond donors (Lipinski definition) is 0. The predicted octanol–water partition coefficient (Wildman–Crippen LogP) is 1.86. The van der Waals surface area contributed by atoms with Crippen molar-refractivity contribution in [2.75, 3.05) is 46.4 Å². The van der Waals surface area contributed by atoms with Gasteiger partial charge < -0.3 is 14.5 Å². The molecule has 1 atom stereocenters. The smallest absolute Gasteiger partial charge is 0.227 e. The second-order valence-electron chi connectivity index (χ2n) is 6.47. The molecule has 0 radical (unpaired) electrons. The van der Waals surface area contributed by atoms with Crippen LogP contribution in [0.5, 0.6) is 0 Å². The number of amides is 1. The van der Waals surface area contributed by atoms with E-state index in [1.165, 1.54) is 6.42 Å². The molecule has 3 rings (SSSR count). The molecule has 2 aliphatic rings. The number of likely N-dealkylation sites (tertiary alicyclic amines) is 1. The molecule has 2 saturated heterocycles. The number of carbonyl (C=O) groups is 1. The summed E-state index contributed by atoms with van der Waals surface area (Å²) in [6, 6.07) is 4.06. The normalized spacial score (nSPS) is 27.8. The van der Waals surface area contributed by atoms with E-state index in [1.54, 1.807) is 11.3 Å². The summed E-state index contributed by atoms with van der Waals surface area (Å²) in [5, 5.41) is 2.04. The Hall–Kier alpha value is -0.910. The minimum Gasteiger partial charge on any atom is -0.379 e. The molecule has 21 heavy (non-hydrogen) atoms. The third-order valence-electron chi connectivity index (χ3n) is 4.55. The van der Waals surface area contributed by atoms with Crippen molar-refractivity contribution in [2.24, 2.45) is 5.41 Å². The highest BCUT2D eigenvalue weighted by molar-refractivity contribution is 7.10. The Bertz CT molecular complexity index is 477. The molecule has 1 amide bonds. The average Bonchev–Trinajstić information content (AvgIpc) is 2.90. The maximum Gasteiger partial charge on any atom is 0.227 e. The summed E-state index contributed by atoms with van der Waals surface area (Å²) in [6.07, 6.45) is 2.80. The molecule has 4 nitrogen and oxygen atoms in total. The van der Waals surface area contributed by atoms with Gasteiger partial charge in [-0.2, -0.15) is 0 Å². The lowest BCUT2D eigenvalue weighted by Crippen LogP contribution is -2.52. The minimum absolute atomic E-state index is 0.134. The van der Waals surface area contributed by atoms with Crippen LogP contribution in [0.25, 0.3) is 0 Å². The van der Waals surface area contributed by atoms with Crippen molar-refractivity contribution in [2.45, 2.75) is 19.3 Å². The average molecular weight is 308 g/mol. The van der Waals surface area contributed by atoms with E-state index < -0.39 is 0 Å². The summed E-state index contributed by atoms with van der Waals surface area (Å²) in [6.45, 7) is 5.37. The summed E-state index contributed by atoms with van der Waals surface area (Å²) >= 11 is 1.67. The van der Waals surface area contributed by atoms with Crippen molar-refractivity contribution in [3.63, 3.8) is 0 Å². The van der Waals surface area contributed by atoms with Crippen LogP contribution in [0.15, 0.2) is 17.5 Å². The number of ether oxygens (including phenoxy) is 1. The standard InChI is InChI=1S/C16H24N2O2S/c1-17-7-8-20-13-16(11-17)5-3-6-18(12-16)15(19)10-14-4-2-9-21-14/h2,4,9H,3,5-8,10-13H2,1H3/t16-/m1/s1. The van der Waals surface area contributed by atoms with Gasteiger partial charge in [-0.25, -0.2) is 0 Å². The number of thiophene rings is 1. The fraction of sp³-hybridized carbons (Fsp3) is 0.688. The van der Waals surface area contributed by atoms with Crippen LogP contribution in [0.1, 0.15) is 17.7 Å². The molecular formula is C16H24N2O2S. The van der Waals surface area contributed by atoms with Gasteiger partial charge in [-0.05, 0) is 31.3 Å². The zero-order chi connectivity index (χ0) is 14.7. The molecular weight excluding hydrogens is 284 g/mol. The Kier molecular flexibility index (Phi) is 4.62. The zero-order valence-electron chi connectivity index (χ0n) is 12.7. The Morgan fingerprint density at radius 1 is 1.43 bits per heavy atom. The number of nitrogens with zero attached hydrogens (tertiary/aromatic N) is 2. The van der Waals surface area contributed by atoms with Gasteiger partial charge in [0.25, 0.3) is 0 Å². The molecule has 0 aliphatic carbocycles. The molecule has 3 heterocycles. The molecule has 2 fully saturated rings. The van der Waals surface area contributed by atoms with Gasteiger partial charge in [-0.15, -0.1) is 11.3 Å². The summed E-state index contributed by atoms with van der Waals surface area (Å²) in [7, 11) is 2.16. The molecule has 0 N–H and O–H groups in total. The number of piperidine rings is 1. The Morgan fingerprint density at radius 2 is 2.33 bits per heavy atom. The summed E-state index contributed by atoms with van der Waals surface area (Å²) < 4.78 is 5.81. The van der Waals surface area contributed by atoms with Crippen LogP contribution in [-0.4, -0.2) is 62.1 Å². The highest BCUT2D eigenvalue weighted by Gasteiger charge is 2.39. The molecule has 5 heteroatoms. The van der Waals surface area contributed by atoms with Gasteiger partial charge in [0.2, 0.25) is 5.91 Å². The van der Waals surface area contributed by atoms with E-state index >= 15 is 0 Å². The van der Waals surface area contributed by atoms with Crippen LogP contribution in [0.3, 0.4) is 0 Å². The van der Waals surface area contributed by atoms with Gasteiger partial charge in [0, 0.05) is 36.5 Å². The number of carbonyl (C=O) groups excluding carboxylic acids is 1. The van der Waals surface area contributed by atoms with Crippen molar-refractivity contribution in [1.82, 2.24) is 9.80 Å². The topological polar surface area (TPSA) is 32.8 Å². The van der Waals surface area contributed by atoms with Crippen LogP contribution < -0.4 is 0 Å². The fourth-order valence-electron chi connectivity index (χ4n) is 3.55. The molecule has 2 aliphatic heterocycles. The second-order valence-corrected chi connectivity index (χ2v) is 7.50. The third-order valence-corrected chi connectivity index (χ3v) is 5.43. The van der Waals surface area contributed by atoms with Crippen LogP contribution in [0, 0.1) is 5.41 Å². The molecule has 1 aromatic rings. The molecule has 0 bridgehead atoms. The minimum atomic E-state index is 0.134. The number of hydrogen-bond acceptors (Lipinski definition) is 4. The van der Waals surface area contributed by atoms with Crippen molar-refractivity contribution in [1.29, 1.82) is 0 Å². The SMILES string of the molecule is CN1CCOC[C@]2(CCCN(C(=O)Cc3cccs3)C2)C1. The first-order valence-corrected chi connectivity index (χ1v) is 8.61. The van der Waals surface area contributed by atoms with Crippen molar-refractivity contribution < 1.29 is 9.53 Å². The monoisotopic (exact) mass is 308 g/mol. The maximum atomic E-state index is 12.5. The summed E-state index contributed by atoms with van der Waals surface area (Å²) in [5.74, 6) is 0.267. The molecule has 0 saturated carbocycles. The highest BCUT2D eigenvalue weighted by atomic mass is 32.1. The molecule has 116 valence electrons. The first-order valence-electron chi connectivity index (χ1n) is 7.73. The molecule has 0 aromatic carbocycles. The third kappa shape index (κ3) is 3.65. The van der Waals surface area contributed by atoms with Crippen molar-refractivity contribution in [3.05, 3.63) is 22.4 Å². The lowest BCUT2D eigenvalue weighted by molar-refractivity contribution is -0.135. The second kappa shape index (κ2) is 6.46. The Balaban J connectivity index is 1.65. The van der Waals surface area contributed by atoms with Crippen LogP contribution in [0.2, 0.25) is 0 Å². The predicted molar refractivity (Wildman–Crippen MR) is 84.6 cm³/mol. The lowest BCUT2D eigenvalue weighted by Gasteiger charge is -2.43. The van der Waals surface area contributed by atoms with E-state index in [1.807, 2.05) is 17.5 Å². The lowest BCUT2D eigenvalue weighted by atomic mass is 9.80. The van der Waals surface area contributed by atoms with Crippen molar-refractivity contribution >= 4 is 17.2 Å². The van der Waals surface area contributed by atoms with Crippen LogP contribution in [-0.2, 0) is 16.0 Å². The van der Waals surface area contributed by atoms with Crippen LogP contribution >= 0.6 is 11.3 Å². The van der Waals surface area contributed by atoms with E-state index in [-0.39, 0.29) is 11.3 Å². The fourth-order valence-corrected chi connectivity index (χ4v) is 4.24. The number of rotatable bonds is 2. The van der Waals surface area contributed by atoms with Crippen LogP contribution in [0.4, 0.5) is 0 Å². The Morgan fingerprint density at radius 3 is 3.14 bits per heavy atom. The largest absolute Gasteiger partial charge is 0.379 e. The van der Waals surface area contributed by atoms with Gasteiger partial charge in [-0.3, -0.25) is 4.79 Å². The van der Waals surface area contributed by atoms with Gasteiger partial charge in [-0.1, -0.05) is 6.07 Å². The Labute approximate surface area is 130 Å². The van der Waals surface area contributed by atoms with E-state index in [0.29, 0.717) is 6.42 Å².